The fraction of sp³-hybridized carbons (Fsp3) is 0.576. The van der Waals surface area contributed by atoms with E-state index in [1.165, 1.54) is 30.3 Å². The number of halogens is 1. The summed E-state index contributed by atoms with van der Waals surface area (Å²) in [6, 6.07) is 2.20. The van der Waals surface area contributed by atoms with Crippen molar-refractivity contribution in [1.82, 2.24) is 19.9 Å². The van der Waals surface area contributed by atoms with Gasteiger partial charge in [0.25, 0.3) is 5.91 Å². The number of aromatic nitrogens is 1. The van der Waals surface area contributed by atoms with E-state index in [0.717, 1.165) is 0 Å². The number of amides is 3. The Kier molecular flexibility index (Phi) is 8.92. The van der Waals surface area contributed by atoms with Crippen LogP contribution in [0, 0.1) is 11.7 Å². The van der Waals surface area contributed by atoms with Gasteiger partial charge in [0.15, 0.2) is 11.6 Å². The van der Waals surface area contributed by atoms with Gasteiger partial charge in [0.2, 0.25) is 27.7 Å². The number of nitrogens with one attached hydrogen (secondary N) is 2. The van der Waals surface area contributed by atoms with Gasteiger partial charge in [0, 0.05) is 23.9 Å². The Balaban J connectivity index is 1.31. The minimum absolute atomic E-state index is 0.00120. The Morgan fingerprint density at radius 1 is 1.25 bits per heavy atom. The number of hydrogen-bond donors (Lipinski definition) is 3. The number of benzene rings is 1. The van der Waals surface area contributed by atoms with Crippen LogP contribution in [0.2, 0.25) is 0 Å². The van der Waals surface area contributed by atoms with Gasteiger partial charge in [0.05, 0.1) is 30.6 Å². The van der Waals surface area contributed by atoms with Crippen LogP contribution in [0.15, 0.2) is 36.5 Å². The standard InChI is InChI=1S/C33H42FN5O8S/c1-18-7-5-6-8-21-16-33(21,31(42)38-48(43,44)32(3)10-11-32)37-28(40)25-14-22(17-39(25)30(41)27(35)19(2)46-18)47-29-23-15-24(34)26(45-4)13-20(23)9-12-36-29/h6,8-9,12-13,15,18-19,21-22,25,27H,5,7,10-11,14,16-17,35H2,1-4H3,(H,37,40)(H,38,42)/b8-6-/t18-,19+,21-,22-,25+,27+,33-/m1/s1. The number of ether oxygens (including phenoxy) is 3. The maximum atomic E-state index is 14.7. The molecule has 1 aromatic carbocycles. The van der Waals surface area contributed by atoms with E-state index in [4.69, 9.17) is 19.9 Å². The van der Waals surface area contributed by atoms with Crippen LogP contribution in [0.5, 0.6) is 11.6 Å². The van der Waals surface area contributed by atoms with Crippen LogP contribution in [-0.2, 0) is 29.1 Å². The highest BCUT2D eigenvalue weighted by Crippen LogP contribution is 2.47. The number of nitrogens with zero attached hydrogens (tertiary/aromatic N) is 2. The number of pyridine rings is 1. The lowest BCUT2D eigenvalue weighted by Crippen LogP contribution is -2.59. The van der Waals surface area contributed by atoms with Gasteiger partial charge < -0.3 is 30.2 Å². The largest absolute Gasteiger partial charge is 0.494 e. The molecule has 6 rings (SSSR count). The average molecular weight is 688 g/mol. The quantitative estimate of drug-likeness (QED) is 0.381. The van der Waals surface area contributed by atoms with Crippen molar-refractivity contribution in [1.29, 1.82) is 0 Å². The summed E-state index contributed by atoms with van der Waals surface area (Å²) in [6.07, 6.45) is 5.78. The molecule has 0 unspecified atom stereocenters. The predicted octanol–water partition coefficient (Wildman–Crippen LogP) is 2.08. The lowest BCUT2D eigenvalue weighted by Gasteiger charge is -2.31. The molecule has 0 radical (unpaired) electrons. The lowest BCUT2D eigenvalue weighted by atomic mass is 10.1. The third-order valence-electron chi connectivity index (χ3n) is 10.1. The zero-order chi connectivity index (χ0) is 34.6. The van der Waals surface area contributed by atoms with E-state index >= 15 is 0 Å². The van der Waals surface area contributed by atoms with Gasteiger partial charge in [-0.2, -0.15) is 0 Å². The van der Waals surface area contributed by atoms with Crippen molar-refractivity contribution < 1.29 is 41.4 Å². The Hall–Kier alpha value is -3.82. The number of nitrogens with two attached hydrogens (primary N) is 1. The second-order valence-electron chi connectivity index (χ2n) is 13.6. The Morgan fingerprint density at radius 3 is 2.71 bits per heavy atom. The summed E-state index contributed by atoms with van der Waals surface area (Å²) < 4.78 is 59.3. The molecule has 1 aromatic heterocycles. The van der Waals surface area contributed by atoms with Crippen LogP contribution >= 0.6 is 0 Å². The molecule has 4 N–H and O–H groups in total. The molecule has 15 heteroatoms. The number of methoxy groups -OCH3 is 1. The number of hydrogen-bond acceptors (Lipinski definition) is 10. The third kappa shape index (κ3) is 6.34. The summed E-state index contributed by atoms with van der Waals surface area (Å²) >= 11 is 0. The highest BCUT2D eigenvalue weighted by Gasteiger charge is 2.63. The second-order valence-corrected chi connectivity index (χ2v) is 15.8. The number of carbonyl (C=O) groups is 3. The van der Waals surface area contributed by atoms with Crippen molar-refractivity contribution in [3.8, 4) is 11.6 Å². The van der Waals surface area contributed by atoms with E-state index in [2.05, 4.69) is 15.0 Å². The monoisotopic (exact) mass is 687 g/mol. The first-order chi connectivity index (χ1) is 22.7. The zero-order valence-corrected chi connectivity index (χ0v) is 28.2. The number of carbonyl (C=O) groups excluding carboxylic acids is 3. The van der Waals surface area contributed by atoms with Crippen molar-refractivity contribution in [2.24, 2.45) is 11.7 Å². The van der Waals surface area contributed by atoms with E-state index in [1.54, 1.807) is 19.9 Å². The molecule has 3 heterocycles. The van der Waals surface area contributed by atoms with Gasteiger partial charge in [0.1, 0.15) is 23.7 Å². The summed E-state index contributed by atoms with van der Waals surface area (Å²) in [5.41, 5.74) is 4.89. The summed E-state index contributed by atoms with van der Waals surface area (Å²) in [7, 11) is -2.62. The highest BCUT2D eigenvalue weighted by atomic mass is 32.2. The van der Waals surface area contributed by atoms with Crippen molar-refractivity contribution >= 4 is 38.5 Å². The Morgan fingerprint density at radius 2 is 2.00 bits per heavy atom. The fourth-order valence-corrected chi connectivity index (χ4v) is 7.81. The van der Waals surface area contributed by atoms with Crippen LogP contribution in [0.3, 0.4) is 0 Å². The van der Waals surface area contributed by atoms with E-state index < -0.39 is 74.1 Å². The molecule has 1 saturated heterocycles. The zero-order valence-electron chi connectivity index (χ0n) is 27.4. The highest BCUT2D eigenvalue weighted by molar-refractivity contribution is 7.91. The number of rotatable bonds is 6. The number of sulfonamides is 1. The van der Waals surface area contributed by atoms with Gasteiger partial charge in [-0.1, -0.05) is 12.2 Å². The topological polar surface area (TPSA) is 179 Å². The van der Waals surface area contributed by atoms with Crippen LogP contribution in [-0.4, -0.2) is 90.4 Å². The molecule has 0 spiro atoms. The molecule has 2 aromatic rings. The van der Waals surface area contributed by atoms with Gasteiger partial charge in [-0.25, -0.2) is 17.8 Å². The van der Waals surface area contributed by atoms with Gasteiger partial charge >= 0.3 is 0 Å². The molecule has 48 heavy (non-hydrogen) atoms. The summed E-state index contributed by atoms with van der Waals surface area (Å²) in [5, 5.41) is 3.81. The summed E-state index contributed by atoms with van der Waals surface area (Å²) in [6.45, 7) is 5.09. The van der Waals surface area contributed by atoms with Gasteiger partial charge in [-0.05, 0) is 76.5 Å². The normalized spacial score (nSPS) is 32.6. The molecule has 0 bridgehead atoms. The first kappa shape index (κ1) is 34.1. The SMILES string of the molecule is COc1cc2ccnc(O[C@@H]3C[C@H]4C(=O)N[C@]5(C(=O)NS(=O)(=O)C6(C)CC6)C[C@H]5/C=C\CC[C@@H](C)O[C@@H](C)[C@H](N)C(=O)N4C3)c2cc1F. The van der Waals surface area contributed by atoms with Crippen LogP contribution in [0.4, 0.5) is 4.39 Å². The maximum absolute atomic E-state index is 14.7. The Labute approximate surface area is 278 Å². The van der Waals surface area contributed by atoms with E-state index in [1.807, 2.05) is 19.1 Å². The minimum atomic E-state index is -3.98. The molecular formula is C33H42FN5O8S. The van der Waals surface area contributed by atoms with E-state index in [9.17, 15) is 27.2 Å². The molecule has 2 aliphatic carbocycles. The minimum Gasteiger partial charge on any atom is -0.494 e. The molecule has 7 atom stereocenters. The van der Waals surface area contributed by atoms with Crippen LogP contribution in [0.25, 0.3) is 10.8 Å². The number of allylic oxidation sites excluding steroid dienone is 1. The maximum Gasteiger partial charge on any atom is 0.259 e. The van der Waals surface area contributed by atoms with E-state index in [0.29, 0.717) is 36.5 Å². The third-order valence-corrected chi connectivity index (χ3v) is 12.2. The molecule has 3 fully saturated rings. The van der Waals surface area contributed by atoms with Crippen molar-refractivity contribution in [3.05, 3.63) is 42.4 Å². The van der Waals surface area contributed by atoms with Crippen molar-refractivity contribution in [2.75, 3.05) is 13.7 Å². The smallest absolute Gasteiger partial charge is 0.259 e. The summed E-state index contributed by atoms with van der Waals surface area (Å²) in [4.78, 5) is 47.3. The Bertz CT molecular complexity index is 1770. The van der Waals surface area contributed by atoms with Gasteiger partial charge in [-0.15, -0.1) is 0 Å². The van der Waals surface area contributed by atoms with Crippen LogP contribution < -0.4 is 25.2 Å². The molecular weight excluding hydrogens is 645 g/mol. The average Bonchev–Trinajstić information content (AvgIpc) is 3.92. The first-order valence-corrected chi connectivity index (χ1v) is 17.7. The number of fused-ring (bicyclic) bond motifs is 3. The van der Waals surface area contributed by atoms with E-state index in [-0.39, 0.29) is 37.1 Å². The molecule has 260 valence electrons. The summed E-state index contributed by atoms with van der Waals surface area (Å²) in [5.74, 6) is -2.93. The molecule has 3 amide bonds. The first-order valence-electron chi connectivity index (χ1n) is 16.2. The van der Waals surface area contributed by atoms with Crippen LogP contribution in [0.1, 0.15) is 59.3 Å². The second kappa shape index (κ2) is 12.6. The van der Waals surface area contributed by atoms with Gasteiger partial charge in [-0.3, -0.25) is 19.1 Å². The molecule has 4 aliphatic rings. The molecule has 13 nitrogen and oxygen atoms in total. The molecule has 2 saturated carbocycles. The molecule has 2 aliphatic heterocycles. The fourth-order valence-electron chi connectivity index (χ4n) is 6.50. The predicted molar refractivity (Wildman–Crippen MR) is 173 cm³/mol. The lowest BCUT2D eigenvalue weighted by molar-refractivity contribution is -0.143. The van der Waals surface area contributed by atoms with Crippen molar-refractivity contribution in [3.63, 3.8) is 0 Å². The van der Waals surface area contributed by atoms with Crippen molar-refractivity contribution in [2.45, 2.75) is 100.0 Å².